The summed E-state index contributed by atoms with van der Waals surface area (Å²) in [5, 5.41) is 6.15. The highest BCUT2D eigenvalue weighted by Crippen LogP contribution is 2.19. The van der Waals surface area contributed by atoms with Gasteiger partial charge in [0.2, 0.25) is 10.0 Å². The second kappa shape index (κ2) is 14.7. The first-order valence-corrected chi connectivity index (χ1v) is 11.9. The molecule has 1 aliphatic rings. The first-order valence-electron chi connectivity index (χ1n) is 10.3. The van der Waals surface area contributed by atoms with Gasteiger partial charge in [0.15, 0.2) is 5.96 Å². The van der Waals surface area contributed by atoms with Crippen LogP contribution in [0.1, 0.15) is 26.2 Å². The summed E-state index contributed by atoms with van der Waals surface area (Å²) in [7, 11) is -0.130. The van der Waals surface area contributed by atoms with Crippen LogP contribution in [0.2, 0.25) is 0 Å². The zero-order chi connectivity index (χ0) is 21.8. The Balaban J connectivity index is 0.00000480. The average Bonchev–Trinajstić information content (AvgIpc) is 2.75. The molecular weight excluding hydrogens is 535 g/mol. The minimum absolute atomic E-state index is 0. The van der Waals surface area contributed by atoms with Crippen LogP contribution in [0.4, 0.5) is 0 Å². The molecule has 0 aliphatic carbocycles. The van der Waals surface area contributed by atoms with E-state index in [1.165, 1.54) is 0 Å². The largest absolute Gasteiger partial charge is 0.497 e. The van der Waals surface area contributed by atoms with Gasteiger partial charge in [-0.15, -0.1) is 24.0 Å². The first-order chi connectivity index (χ1) is 14.4. The summed E-state index contributed by atoms with van der Waals surface area (Å²) in [4.78, 5) is 4.12. The predicted octanol–water partition coefficient (Wildman–Crippen LogP) is 1.73. The number of sulfonamides is 1. The van der Waals surface area contributed by atoms with Crippen molar-refractivity contribution in [3.63, 3.8) is 0 Å². The number of methoxy groups -OCH3 is 1. The molecule has 1 heterocycles. The molecule has 3 N–H and O–H groups in total. The first kappa shape index (κ1) is 27.7. The number of ether oxygens (including phenoxy) is 3. The van der Waals surface area contributed by atoms with E-state index in [1.807, 2.05) is 31.2 Å². The number of hydrogen-bond donors (Lipinski definition) is 3. The van der Waals surface area contributed by atoms with E-state index in [4.69, 9.17) is 14.2 Å². The SMILES string of the molecule is CN=C(NCCS(=O)(=O)NCC1CCCCO1)NCC(C)Oc1cccc(OC)c1.I. The molecule has 0 bridgehead atoms. The highest BCUT2D eigenvalue weighted by molar-refractivity contribution is 14.0. The Bertz CT molecular complexity index is 773. The summed E-state index contributed by atoms with van der Waals surface area (Å²) in [6.45, 7) is 3.71. The molecule has 178 valence electrons. The molecule has 31 heavy (non-hydrogen) atoms. The maximum absolute atomic E-state index is 12.2. The van der Waals surface area contributed by atoms with Crippen LogP contribution in [0.25, 0.3) is 0 Å². The lowest BCUT2D eigenvalue weighted by Gasteiger charge is -2.22. The lowest BCUT2D eigenvalue weighted by atomic mass is 10.1. The van der Waals surface area contributed by atoms with Gasteiger partial charge in [-0.05, 0) is 38.3 Å². The third kappa shape index (κ3) is 11.2. The molecule has 0 amide bonds. The van der Waals surface area contributed by atoms with Crippen molar-refractivity contribution in [1.29, 1.82) is 0 Å². The molecule has 0 saturated carbocycles. The van der Waals surface area contributed by atoms with Crippen LogP contribution in [0.3, 0.4) is 0 Å². The number of hydrogen-bond acceptors (Lipinski definition) is 6. The van der Waals surface area contributed by atoms with Gasteiger partial charge in [0.25, 0.3) is 0 Å². The van der Waals surface area contributed by atoms with Gasteiger partial charge in [-0.3, -0.25) is 4.99 Å². The average molecular weight is 570 g/mol. The molecule has 1 aliphatic heterocycles. The normalized spacial score (nSPS) is 17.9. The summed E-state index contributed by atoms with van der Waals surface area (Å²) in [5.41, 5.74) is 0. The maximum Gasteiger partial charge on any atom is 0.213 e. The van der Waals surface area contributed by atoms with Crippen LogP contribution < -0.4 is 24.8 Å². The summed E-state index contributed by atoms with van der Waals surface area (Å²) in [5.74, 6) is 1.92. The van der Waals surface area contributed by atoms with Crippen molar-refractivity contribution >= 4 is 40.0 Å². The third-order valence-electron chi connectivity index (χ3n) is 4.63. The van der Waals surface area contributed by atoms with E-state index in [0.29, 0.717) is 31.4 Å². The van der Waals surface area contributed by atoms with E-state index in [-0.39, 0.29) is 48.5 Å². The molecule has 11 heteroatoms. The summed E-state index contributed by atoms with van der Waals surface area (Å²) < 4.78 is 43.6. The van der Waals surface area contributed by atoms with Gasteiger partial charge in [0.1, 0.15) is 17.6 Å². The van der Waals surface area contributed by atoms with Gasteiger partial charge in [0, 0.05) is 32.8 Å². The lowest BCUT2D eigenvalue weighted by molar-refractivity contribution is 0.0200. The van der Waals surface area contributed by atoms with Crippen molar-refractivity contribution in [2.45, 2.75) is 38.4 Å². The van der Waals surface area contributed by atoms with E-state index in [1.54, 1.807) is 14.2 Å². The number of halogens is 1. The molecule has 2 atom stereocenters. The second-order valence-corrected chi connectivity index (χ2v) is 9.07. The Kier molecular flexibility index (Phi) is 13.1. The topological polar surface area (TPSA) is 110 Å². The molecule has 1 saturated heterocycles. The Labute approximate surface area is 202 Å². The number of nitrogens with one attached hydrogen (secondary N) is 3. The molecule has 1 aromatic rings. The van der Waals surface area contributed by atoms with E-state index in [0.717, 1.165) is 25.0 Å². The molecular formula is C20H35IN4O5S. The molecule has 0 radical (unpaired) electrons. The summed E-state index contributed by atoms with van der Waals surface area (Å²) >= 11 is 0. The molecule has 1 fully saturated rings. The van der Waals surface area contributed by atoms with Crippen LogP contribution in [0.5, 0.6) is 11.5 Å². The standard InChI is InChI=1S/C20H34N4O5S.HI/c1-16(29-18-9-6-8-17(13-18)27-3)14-23-20(21-2)22-10-12-30(25,26)24-15-19-7-4-5-11-28-19;/h6,8-9,13,16,19,24H,4-5,7,10-12,14-15H2,1-3H3,(H2,21,22,23);1H. The fourth-order valence-electron chi connectivity index (χ4n) is 2.97. The number of aliphatic imine (C=N–C) groups is 1. The summed E-state index contributed by atoms with van der Waals surface area (Å²) in [6.07, 6.45) is 2.87. The van der Waals surface area contributed by atoms with Crippen molar-refractivity contribution in [2.75, 3.05) is 46.2 Å². The van der Waals surface area contributed by atoms with Gasteiger partial charge < -0.3 is 24.8 Å². The van der Waals surface area contributed by atoms with Crippen LogP contribution in [-0.2, 0) is 14.8 Å². The van der Waals surface area contributed by atoms with Crippen molar-refractivity contribution in [3.05, 3.63) is 24.3 Å². The highest BCUT2D eigenvalue weighted by atomic mass is 127. The summed E-state index contributed by atoms with van der Waals surface area (Å²) in [6, 6.07) is 7.40. The van der Waals surface area contributed by atoms with Crippen LogP contribution in [0.15, 0.2) is 29.3 Å². The fourth-order valence-corrected chi connectivity index (χ4v) is 3.93. The monoisotopic (exact) mass is 570 g/mol. The van der Waals surface area contributed by atoms with E-state index in [2.05, 4.69) is 20.3 Å². The van der Waals surface area contributed by atoms with Crippen LogP contribution in [0, 0.1) is 0 Å². The van der Waals surface area contributed by atoms with Gasteiger partial charge in [-0.1, -0.05) is 6.07 Å². The fraction of sp³-hybridized carbons (Fsp3) is 0.650. The van der Waals surface area contributed by atoms with Crippen molar-refractivity contribution < 1.29 is 22.6 Å². The van der Waals surface area contributed by atoms with Crippen molar-refractivity contribution in [2.24, 2.45) is 4.99 Å². The Morgan fingerprint density at radius 1 is 1.29 bits per heavy atom. The minimum Gasteiger partial charge on any atom is -0.497 e. The van der Waals surface area contributed by atoms with Gasteiger partial charge >= 0.3 is 0 Å². The number of rotatable bonds is 11. The smallest absolute Gasteiger partial charge is 0.213 e. The number of nitrogens with zero attached hydrogens (tertiary/aromatic N) is 1. The Morgan fingerprint density at radius 3 is 2.74 bits per heavy atom. The molecule has 2 rings (SSSR count). The van der Waals surface area contributed by atoms with Gasteiger partial charge in [-0.25, -0.2) is 13.1 Å². The van der Waals surface area contributed by atoms with Gasteiger partial charge in [-0.2, -0.15) is 0 Å². The predicted molar refractivity (Wildman–Crippen MR) is 133 cm³/mol. The number of guanidine groups is 1. The van der Waals surface area contributed by atoms with Gasteiger partial charge in [0.05, 0.1) is 25.5 Å². The molecule has 2 unspecified atom stereocenters. The zero-order valence-corrected chi connectivity index (χ0v) is 21.6. The molecule has 0 spiro atoms. The highest BCUT2D eigenvalue weighted by Gasteiger charge is 2.17. The lowest BCUT2D eigenvalue weighted by Crippen LogP contribution is -2.44. The molecule has 9 nitrogen and oxygen atoms in total. The third-order valence-corrected chi connectivity index (χ3v) is 5.98. The van der Waals surface area contributed by atoms with E-state index < -0.39 is 10.0 Å². The van der Waals surface area contributed by atoms with E-state index in [9.17, 15) is 8.42 Å². The maximum atomic E-state index is 12.2. The van der Waals surface area contributed by atoms with Crippen molar-refractivity contribution in [3.8, 4) is 11.5 Å². The van der Waals surface area contributed by atoms with E-state index >= 15 is 0 Å². The zero-order valence-electron chi connectivity index (χ0n) is 18.4. The molecule has 0 aromatic heterocycles. The van der Waals surface area contributed by atoms with Crippen LogP contribution in [-0.4, -0.2) is 72.7 Å². The Morgan fingerprint density at radius 2 is 2.06 bits per heavy atom. The van der Waals surface area contributed by atoms with Crippen molar-refractivity contribution in [1.82, 2.24) is 15.4 Å². The quantitative estimate of drug-likeness (QED) is 0.211. The number of benzene rings is 1. The minimum atomic E-state index is -3.38. The Hall–Kier alpha value is -1.31. The second-order valence-electron chi connectivity index (χ2n) is 7.14. The van der Waals surface area contributed by atoms with Crippen LogP contribution >= 0.6 is 24.0 Å². The molecule has 1 aromatic carbocycles.